The third kappa shape index (κ3) is 6.33. The number of carbonyl (C=O) groups is 1. The molecule has 3 nitrogen and oxygen atoms in total. The van der Waals surface area contributed by atoms with Crippen molar-refractivity contribution in [3.05, 3.63) is 28.5 Å². The molecule has 21 heavy (non-hydrogen) atoms. The Morgan fingerprint density at radius 3 is 2.43 bits per heavy atom. The van der Waals surface area contributed by atoms with Gasteiger partial charge in [-0.15, -0.1) is 0 Å². The van der Waals surface area contributed by atoms with Crippen LogP contribution in [0.2, 0.25) is 5.15 Å². The smallest absolute Gasteiger partial charge is 0.352 e. The largest absolute Gasteiger partial charge is 0.389 e. The van der Waals surface area contributed by atoms with Crippen LogP contribution in [0.1, 0.15) is 49.7 Å². The van der Waals surface area contributed by atoms with Crippen LogP contribution in [-0.4, -0.2) is 23.6 Å². The van der Waals surface area contributed by atoms with Crippen molar-refractivity contribution in [1.82, 2.24) is 10.3 Å². The molecule has 118 valence electrons. The maximum Gasteiger partial charge on any atom is 0.389 e. The number of nitrogens with zero attached hydrogens (tertiary/aromatic N) is 1. The number of amides is 1. The topological polar surface area (TPSA) is 42.0 Å². The lowest BCUT2D eigenvalue weighted by Gasteiger charge is -2.18. The van der Waals surface area contributed by atoms with Crippen LogP contribution in [0.3, 0.4) is 0 Å². The maximum absolute atomic E-state index is 12.0. The molecule has 0 unspecified atom stereocenters. The first-order chi connectivity index (χ1) is 9.49. The molecule has 1 rings (SSSR count). The average Bonchev–Trinajstić information content (AvgIpc) is 2.31. The van der Waals surface area contributed by atoms with Crippen molar-refractivity contribution in [2.75, 3.05) is 6.54 Å². The van der Waals surface area contributed by atoms with Gasteiger partial charge >= 0.3 is 6.18 Å². The van der Waals surface area contributed by atoms with Gasteiger partial charge in [0.15, 0.2) is 0 Å². The summed E-state index contributed by atoms with van der Waals surface area (Å²) < 4.78 is 36.0. The van der Waals surface area contributed by atoms with Gasteiger partial charge < -0.3 is 5.32 Å². The number of hydrogen-bond donors (Lipinski definition) is 1. The molecule has 0 atom stereocenters. The van der Waals surface area contributed by atoms with Crippen LogP contribution in [0.25, 0.3) is 0 Å². The van der Waals surface area contributed by atoms with E-state index in [-0.39, 0.29) is 23.5 Å². The van der Waals surface area contributed by atoms with Gasteiger partial charge in [0.1, 0.15) is 5.15 Å². The molecule has 7 heteroatoms. The Kier molecular flexibility index (Phi) is 5.61. The van der Waals surface area contributed by atoms with Gasteiger partial charge in [-0.05, 0) is 18.6 Å². The SMILES string of the molecule is CC(C)(C)c1cc(C(=O)NCCCC(F)(F)F)cc(Cl)n1. The van der Waals surface area contributed by atoms with Gasteiger partial charge in [0, 0.05) is 29.6 Å². The van der Waals surface area contributed by atoms with Crippen molar-refractivity contribution >= 4 is 17.5 Å². The van der Waals surface area contributed by atoms with Crippen LogP contribution in [0.15, 0.2) is 12.1 Å². The van der Waals surface area contributed by atoms with Crippen molar-refractivity contribution in [2.24, 2.45) is 0 Å². The van der Waals surface area contributed by atoms with E-state index in [0.29, 0.717) is 11.3 Å². The van der Waals surface area contributed by atoms with Gasteiger partial charge in [0.2, 0.25) is 0 Å². The molecular weight excluding hydrogens is 305 g/mol. The first kappa shape index (κ1) is 17.8. The van der Waals surface area contributed by atoms with E-state index < -0.39 is 18.5 Å². The molecule has 0 aliphatic rings. The summed E-state index contributed by atoms with van der Waals surface area (Å²) in [5.41, 5.74) is 0.665. The minimum atomic E-state index is -4.20. The Balaban J connectivity index is 2.68. The number of halogens is 4. The average molecular weight is 323 g/mol. The highest BCUT2D eigenvalue weighted by atomic mass is 35.5. The van der Waals surface area contributed by atoms with E-state index in [1.165, 1.54) is 6.07 Å². The zero-order valence-corrected chi connectivity index (χ0v) is 12.9. The zero-order chi connectivity index (χ0) is 16.3. The molecular formula is C14H18ClF3N2O. The summed E-state index contributed by atoms with van der Waals surface area (Å²) in [7, 11) is 0. The first-order valence-electron chi connectivity index (χ1n) is 6.52. The van der Waals surface area contributed by atoms with Crippen molar-refractivity contribution in [3.8, 4) is 0 Å². The number of hydrogen-bond acceptors (Lipinski definition) is 2. The molecule has 1 aromatic rings. The van der Waals surface area contributed by atoms with Gasteiger partial charge in [-0.25, -0.2) is 4.98 Å². The third-order valence-electron chi connectivity index (χ3n) is 2.75. The van der Waals surface area contributed by atoms with E-state index in [2.05, 4.69) is 10.3 Å². The van der Waals surface area contributed by atoms with E-state index in [1.807, 2.05) is 20.8 Å². The van der Waals surface area contributed by atoms with Gasteiger partial charge in [-0.1, -0.05) is 32.4 Å². The highest BCUT2D eigenvalue weighted by molar-refractivity contribution is 6.29. The first-order valence-corrected chi connectivity index (χ1v) is 6.90. The molecule has 0 saturated heterocycles. The molecule has 0 fully saturated rings. The van der Waals surface area contributed by atoms with Crippen molar-refractivity contribution in [2.45, 2.75) is 45.2 Å². The van der Waals surface area contributed by atoms with Crippen LogP contribution < -0.4 is 5.32 Å². The molecule has 0 spiro atoms. The van der Waals surface area contributed by atoms with Crippen LogP contribution in [0.4, 0.5) is 13.2 Å². The highest BCUT2D eigenvalue weighted by Gasteiger charge is 2.26. The standard InChI is InChI=1S/C14H18ClF3N2O/c1-13(2,3)10-7-9(8-11(15)20-10)12(21)19-6-4-5-14(16,17)18/h7-8H,4-6H2,1-3H3,(H,19,21). The van der Waals surface area contributed by atoms with E-state index in [1.54, 1.807) is 6.07 Å². The predicted octanol–water partition coefficient (Wildman–Crippen LogP) is 4.10. The fraction of sp³-hybridized carbons (Fsp3) is 0.571. The molecule has 1 N–H and O–H groups in total. The number of carbonyl (C=O) groups excluding carboxylic acids is 1. The minimum absolute atomic E-state index is 0.0386. The molecule has 0 aromatic carbocycles. The van der Waals surface area contributed by atoms with Crippen molar-refractivity contribution < 1.29 is 18.0 Å². The van der Waals surface area contributed by atoms with Crippen molar-refractivity contribution in [3.63, 3.8) is 0 Å². The van der Waals surface area contributed by atoms with Crippen molar-refractivity contribution in [1.29, 1.82) is 0 Å². The zero-order valence-electron chi connectivity index (χ0n) is 12.1. The van der Waals surface area contributed by atoms with Crippen LogP contribution in [0, 0.1) is 0 Å². The Hall–Kier alpha value is -1.30. The number of pyridine rings is 1. The fourth-order valence-electron chi connectivity index (χ4n) is 1.61. The van der Waals surface area contributed by atoms with Gasteiger partial charge in [0.25, 0.3) is 5.91 Å². The Morgan fingerprint density at radius 2 is 1.90 bits per heavy atom. The van der Waals surface area contributed by atoms with E-state index in [0.717, 1.165) is 0 Å². The molecule has 0 aliphatic heterocycles. The highest BCUT2D eigenvalue weighted by Crippen LogP contribution is 2.23. The molecule has 1 amide bonds. The number of aromatic nitrogens is 1. The lowest BCUT2D eigenvalue weighted by Crippen LogP contribution is -2.26. The summed E-state index contributed by atoms with van der Waals surface area (Å²) in [4.78, 5) is 16.1. The molecule has 0 saturated carbocycles. The Labute approximate surface area is 126 Å². The van der Waals surface area contributed by atoms with Gasteiger partial charge in [-0.2, -0.15) is 13.2 Å². The van der Waals surface area contributed by atoms with Crippen LogP contribution >= 0.6 is 11.6 Å². The van der Waals surface area contributed by atoms with E-state index in [4.69, 9.17) is 11.6 Å². The summed E-state index contributed by atoms with van der Waals surface area (Å²) in [5.74, 6) is -0.452. The lowest BCUT2D eigenvalue weighted by molar-refractivity contribution is -0.135. The van der Waals surface area contributed by atoms with Crippen LogP contribution in [0.5, 0.6) is 0 Å². The number of rotatable bonds is 4. The van der Waals surface area contributed by atoms with Gasteiger partial charge in [0.05, 0.1) is 0 Å². The van der Waals surface area contributed by atoms with E-state index in [9.17, 15) is 18.0 Å². The summed E-state index contributed by atoms with van der Waals surface area (Å²) in [6, 6.07) is 3.00. The fourth-order valence-corrected chi connectivity index (χ4v) is 1.81. The third-order valence-corrected chi connectivity index (χ3v) is 2.94. The second kappa shape index (κ2) is 6.64. The molecule has 0 aliphatic carbocycles. The summed E-state index contributed by atoms with van der Waals surface area (Å²) in [5, 5.41) is 2.64. The monoisotopic (exact) mass is 322 g/mol. The van der Waals surface area contributed by atoms with E-state index >= 15 is 0 Å². The normalized spacial score (nSPS) is 12.3. The molecule has 1 aromatic heterocycles. The minimum Gasteiger partial charge on any atom is -0.352 e. The Morgan fingerprint density at radius 1 is 1.29 bits per heavy atom. The Bertz CT molecular complexity index is 510. The summed E-state index contributed by atoms with van der Waals surface area (Å²) in [6.07, 6.45) is -5.28. The quantitative estimate of drug-likeness (QED) is 0.669. The predicted molar refractivity (Wildman–Crippen MR) is 75.6 cm³/mol. The second-order valence-electron chi connectivity index (χ2n) is 5.79. The molecule has 1 heterocycles. The number of nitrogens with one attached hydrogen (secondary N) is 1. The molecule has 0 bridgehead atoms. The van der Waals surface area contributed by atoms with Crippen LogP contribution in [-0.2, 0) is 5.41 Å². The second-order valence-corrected chi connectivity index (χ2v) is 6.18. The van der Waals surface area contributed by atoms with Gasteiger partial charge in [-0.3, -0.25) is 4.79 Å². The molecule has 0 radical (unpaired) electrons. The summed E-state index contributed by atoms with van der Waals surface area (Å²) in [6.45, 7) is 5.74. The lowest BCUT2D eigenvalue weighted by atomic mass is 9.91. The number of alkyl halides is 3. The summed E-state index contributed by atoms with van der Waals surface area (Å²) >= 11 is 5.88. The maximum atomic E-state index is 12.0.